The minimum Gasteiger partial charge on any atom is -0.369 e. The Bertz CT molecular complexity index is 7330. The SMILES string of the molecule is CN1C(N)=N[C@](C)(c2cc(NC(=O)c3ccc(C(F)(F)F)cn3)c(F)cc2F)CS1(=O)=O.CN1C(N)=N[C@](C)(c2cc(NC(=O)c3ccc(Cl)cn3)c(F)cc2F)CS1(=O)=O.CN1C(N)=N[C@](C)(c2cc(NC(=O)c3ccc(F)cn3)c(F)cc2F)CS1(=O)=O.CN1C(N)=N[C@](C)(c2cc(NC(=O)c3ccccn3)c(F)cc2F)CS1(=O)=O.Cc1cnc(C(=O)Nc2cc([C@]3(C)CS(=O)(=O)N(C)C(N)=N3)c(F)cc2F)cn1. The molecule has 0 fully saturated rings. The summed E-state index contributed by atoms with van der Waals surface area (Å²) < 4.78 is 322. The van der Waals surface area contributed by atoms with Crippen molar-refractivity contribution in [2.45, 2.75) is 75.4 Å². The van der Waals surface area contributed by atoms with Crippen LogP contribution in [-0.4, -0.2) is 217 Å². The summed E-state index contributed by atoms with van der Waals surface area (Å²) in [7, 11) is -13.4. The summed E-state index contributed by atoms with van der Waals surface area (Å²) in [5.41, 5.74) is 15.4. The number of pyridine rings is 4. The number of aromatic nitrogens is 6. The molecule has 41 nitrogen and oxygen atoms in total. The third-order valence-electron chi connectivity index (χ3n) is 22.4. The molecule has 5 aromatic carbocycles. The first-order valence-corrected chi connectivity index (χ1v) is 50.0. The van der Waals surface area contributed by atoms with E-state index in [0.29, 0.717) is 53.3 Å². The van der Waals surface area contributed by atoms with E-state index in [2.05, 4.69) is 81.4 Å². The summed E-state index contributed by atoms with van der Waals surface area (Å²) in [6.45, 7) is 8.36. The van der Waals surface area contributed by atoms with Crippen LogP contribution in [0.3, 0.4) is 0 Å². The number of halogens is 15. The van der Waals surface area contributed by atoms with Gasteiger partial charge in [0.1, 0.15) is 120 Å². The number of anilines is 5. The van der Waals surface area contributed by atoms with Gasteiger partial charge in [0.2, 0.25) is 79.9 Å². The lowest BCUT2D eigenvalue weighted by atomic mass is 9.93. The number of guanidine groups is 5. The number of aryl methyl sites for hydroxylation is 1. The molecule has 782 valence electrons. The zero-order valence-corrected chi connectivity index (χ0v) is 82.7. The number of amides is 5. The Hall–Kier alpha value is -15.5. The van der Waals surface area contributed by atoms with Crippen molar-refractivity contribution >= 4 is 149 Å². The smallest absolute Gasteiger partial charge is 0.369 e. The second-order valence-corrected chi connectivity index (χ2v) is 44.0. The normalized spacial score (nSPS) is 20.9. The summed E-state index contributed by atoms with van der Waals surface area (Å²) in [6.07, 6.45) is 1.79. The molecular weight excluding hydrogens is 2100 g/mol. The average molecular weight is 2180 g/mol. The minimum absolute atomic E-state index is 0.0307. The van der Waals surface area contributed by atoms with Gasteiger partial charge in [-0.1, -0.05) is 17.7 Å². The topological polar surface area (TPSA) is 602 Å². The Balaban J connectivity index is 0.000000175. The second kappa shape index (κ2) is 41.9. The van der Waals surface area contributed by atoms with Crippen molar-refractivity contribution in [2.75, 3.05) is 90.6 Å². The molecule has 147 heavy (non-hydrogen) atoms. The van der Waals surface area contributed by atoms with Crippen LogP contribution in [0.4, 0.5) is 89.9 Å². The number of nitrogens with one attached hydrogen (secondary N) is 5. The molecular formula is C86H83ClF14N26O15S5. The number of rotatable bonds is 15. The molecule has 10 aromatic rings. The quantitative estimate of drug-likeness (QED) is 0.0429. The van der Waals surface area contributed by atoms with Crippen molar-refractivity contribution in [1.82, 2.24) is 51.4 Å². The molecule has 10 heterocycles. The lowest BCUT2D eigenvalue weighted by Crippen LogP contribution is -2.50. The van der Waals surface area contributed by atoms with Crippen molar-refractivity contribution in [3.63, 3.8) is 0 Å². The fourth-order valence-electron chi connectivity index (χ4n) is 14.4. The van der Waals surface area contributed by atoms with Crippen LogP contribution in [-0.2, 0) is 84.0 Å². The summed E-state index contributed by atoms with van der Waals surface area (Å²) in [4.78, 5) is 104. The molecule has 15 N–H and O–H groups in total. The third kappa shape index (κ3) is 25.0. The van der Waals surface area contributed by atoms with Gasteiger partial charge >= 0.3 is 6.18 Å². The second-order valence-electron chi connectivity index (χ2n) is 33.6. The zero-order valence-electron chi connectivity index (χ0n) is 77.8. The zero-order chi connectivity index (χ0) is 109. The molecule has 5 aliphatic heterocycles. The van der Waals surface area contributed by atoms with Crippen LogP contribution in [0.25, 0.3) is 0 Å². The molecule has 5 atom stereocenters. The number of carbonyl (C=O) groups is 5. The van der Waals surface area contributed by atoms with Crippen molar-refractivity contribution in [3.8, 4) is 0 Å². The van der Waals surface area contributed by atoms with Crippen molar-refractivity contribution < 1.29 is 128 Å². The van der Waals surface area contributed by atoms with Crippen LogP contribution in [0.1, 0.15) is 126 Å². The van der Waals surface area contributed by atoms with E-state index in [1.165, 1.54) is 106 Å². The molecule has 0 saturated heterocycles. The first-order chi connectivity index (χ1) is 67.9. The number of aliphatic imine (C=N–C) groups is 5. The molecule has 0 saturated carbocycles. The number of benzene rings is 5. The van der Waals surface area contributed by atoms with Gasteiger partial charge in [0, 0.05) is 118 Å². The maximum absolute atomic E-state index is 14.6. The number of alkyl halides is 3. The molecule has 5 amide bonds. The average Bonchev–Trinajstić information content (AvgIpc) is 0.765. The van der Waals surface area contributed by atoms with Crippen molar-refractivity contribution in [1.29, 1.82) is 0 Å². The van der Waals surface area contributed by atoms with Crippen LogP contribution in [0, 0.1) is 70.9 Å². The number of nitrogens with two attached hydrogens (primary N) is 5. The molecule has 0 spiro atoms. The number of carbonyl (C=O) groups excluding carboxylic acids is 5. The molecule has 0 unspecified atom stereocenters. The van der Waals surface area contributed by atoms with Crippen molar-refractivity contribution in [3.05, 3.63) is 289 Å². The van der Waals surface area contributed by atoms with Crippen LogP contribution in [0.15, 0.2) is 177 Å². The highest BCUT2D eigenvalue weighted by Crippen LogP contribution is 2.43. The molecule has 5 aliphatic rings. The number of hydrogen-bond donors (Lipinski definition) is 10. The maximum Gasteiger partial charge on any atom is 0.417 e. The molecule has 5 aromatic heterocycles. The van der Waals surface area contributed by atoms with Crippen molar-refractivity contribution in [2.24, 2.45) is 53.6 Å². The Kier molecular flexibility index (Phi) is 31.9. The van der Waals surface area contributed by atoms with E-state index in [1.54, 1.807) is 19.1 Å². The van der Waals surface area contributed by atoms with Gasteiger partial charge in [0.15, 0.2) is 0 Å². The van der Waals surface area contributed by atoms with E-state index in [0.717, 1.165) is 83.3 Å². The van der Waals surface area contributed by atoms with Gasteiger partial charge in [-0.05, 0) is 120 Å². The predicted molar refractivity (Wildman–Crippen MR) is 508 cm³/mol. The summed E-state index contributed by atoms with van der Waals surface area (Å²) in [6, 6.07) is 18.3. The van der Waals surface area contributed by atoms with E-state index < -0.39 is 235 Å². The van der Waals surface area contributed by atoms with Crippen LogP contribution in [0.2, 0.25) is 5.02 Å². The standard InChI is InChI=1S/C18H16F5N5O3S.C17H16ClF2N5O3S.C17H16F3N5O3S.C17H18F2N6O3S.C17H17F2N5O3S/c1-17(8-32(30,31)28(2)16(24)27-17)10-5-14(12(20)6-11(10)19)26-15(29)13-4-3-9(7-25-13)18(21,22)23;2*1-17(8-29(27,28)25(2)16(21)24-17)10-5-14(12(20)6-11(10)19)23-15(26)13-4-3-9(18)7-22-13;1-9-6-22-14(7-21-9)15(26)23-13-4-10(11(18)5-12(13)19)17(2)8-29(27,28)25(3)16(20)24-17;1-17(9-28(26,27)24(2)16(20)23-17)10-7-14(12(19)8-11(10)18)22-15(25)13-5-3-4-6-21-13/h3-7H,8H2,1-2H3,(H2,24,27)(H,26,29);2*3-7H,8H2,1-2H3,(H2,21,24)(H,23,26);4-7H,8H2,1-3H3,(H2,20,24)(H,23,26);3-8H,9H2,1-2H3,(H2,20,23)(H,22,25)/t5*17-/m00000/s1. The van der Waals surface area contributed by atoms with Gasteiger partial charge in [-0.15, -0.1) is 0 Å². The lowest BCUT2D eigenvalue weighted by Gasteiger charge is -2.34. The first-order valence-electron chi connectivity index (χ1n) is 41.6. The summed E-state index contributed by atoms with van der Waals surface area (Å²) >= 11 is 5.72. The minimum atomic E-state index is -4.66. The van der Waals surface area contributed by atoms with Gasteiger partial charge in [-0.3, -0.25) is 38.9 Å². The van der Waals surface area contributed by atoms with E-state index in [1.807, 2.05) is 0 Å². The highest BCUT2D eigenvalue weighted by atomic mass is 35.5. The Morgan fingerprint density at radius 3 is 0.789 bits per heavy atom. The number of nitrogens with zero attached hydrogens (tertiary/aromatic N) is 16. The summed E-state index contributed by atoms with van der Waals surface area (Å²) in [5, 5.41) is 11.5. The number of hydrogen-bond acceptors (Lipinski definition) is 31. The van der Waals surface area contributed by atoms with E-state index in [-0.39, 0.29) is 91.5 Å². The Labute approximate surface area is 832 Å². The van der Waals surface area contributed by atoms with Gasteiger partial charge in [0.25, 0.3) is 29.5 Å². The van der Waals surface area contributed by atoms with Gasteiger partial charge < -0.3 is 55.3 Å². The molecule has 61 heteroatoms. The lowest BCUT2D eigenvalue weighted by molar-refractivity contribution is -0.137. The van der Waals surface area contributed by atoms with E-state index in [4.69, 9.17) is 40.3 Å². The van der Waals surface area contributed by atoms with Crippen LogP contribution >= 0.6 is 11.6 Å². The third-order valence-corrected chi connectivity index (χ3v) is 32.4. The molecule has 0 bridgehead atoms. The summed E-state index contributed by atoms with van der Waals surface area (Å²) in [5.74, 6) is -20.3. The van der Waals surface area contributed by atoms with Crippen LogP contribution < -0.4 is 55.3 Å². The van der Waals surface area contributed by atoms with E-state index >= 15 is 0 Å². The van der Waals surface area contributed by atoms with Crippen LogP contribution in [0.5, 0.6) is 0 Å². The number of sulfonamides is 5. The van der Waals surface area contributed by atoms with Gasteiger partial charge in [-0.2, -0.15) is 13.2 Å². The Morgan fingerprint density at radius 1 is 0.320 bits per heavy atom. The predicted octanol–water partition coefficient (Wildman–Crippen LogP) is 8.60. The molecule has 15 rings (SSSR count). The maximum atomic E-state index is 14.6. The molecule has 0 radical (unpaired) electrons. The van der Waals surface area contributed by atoms with E-state index in [9.17, 15) is 128 Å². The van der Waals surface area contributed by atoms with Gasteiger partial charge in [0.05, 0.1) is 85.9 Å². The monoisotopic (exact) mass is 2180 g/mol. The first kappa shape index (κ1) is 112. The molecule has 0 aliphatic carbocycles. The Morgan fingerprint density at radius 2 is 0.571 bits per heavy atom. The van der Waals surface area contributed by atoms with Gasteiger partial charge in [-0.25, -0.2) is 152 Å². The largest absolute Gasteiger partial charge is 0.417 e. The highest BCUT2D eigenvalue weighted by Gasteiger charge is 2.49. The fraction of sp³-hybridized carbons (Fsp3) is 0.256. The highest BCUT2D eigenvalue weighted by molar-refractivity contribution is 7.91. The fourth-order valence-corrected chi connectivity index (χ4v) is 21.7.